The van der Waals surface area contributed by atoms with Crippen LogP contribution in [0.5, 0.6) is 11.5 Å². The topological polar surface area (TPSA) is 65.3 Å². The minimum absolute atomic E-state index is 0.662. The third-order valence-electron chi connectivity index (χ3n) is 4.18. The van der Waals surface area contributed by atoms with Gasteiger partial charge in [0, 0.05) is 6.54 Å². The lowest BCUT2D eigenvalue weighted by Gasteiger charge is -2.16. The van der Waals surface area contributed by atoms with E-state index in [1.165, 1.54) is 5.56 Å². The summed E-state index contributed by atoms with van der Waals surface area (Å²) in [5.41, 5.74) is 2.15. The first-order valence-electron chi connectivity index (χ1n) is 8.43. The first-order chi connectivity index (χ1) is 12.7. The molecule has 0 N–H and O–H groups in total. The molecule has 3 rings (SSSR count). The molecular weight excluding hydrogens is 330 g/mol. The van der Waals surface area contributed by atoms with Crippen molar-refractivity contribution < 1.29 is 9.47 Å². The summed E-state index contributed by atoms with van der Waals surface area (Å²) in [6.45, 7) is 1.53. The molecule has 0 amide bonds. The lowest BCUT2D eigenvalue weighted by molar-refractivity contribution is 0.318. The number of benzene rings is 2. The maximum absolute atomic E-state index is 5.37. The molecular formula is C19H23N5O2. The first-order valence-corrected chi connectivity index (χ1v) is 8.43. The standard InChI is InChI=1S/C19H23N5O2/c1-23(12-11-15-9-10-17(25-2)18(13-15)26-3)14-19-20-21-22-24(19)16-7-5-4-6-8-16/h4-10,13H,11-12,14H2,1-3H3. The van der Waals surface area contributed by atoms with Crippen LogP contribution in [0.2, 0.25) is 0 Å². The van der Waals surface area contributed by atoms with Gasteiger partial charge in [-0.25, -0.2) is 0 Å². The van der Waals surface area contributed by atoms with Crippen molar-refractivity contribution in [1.29, 1.82) is 0 Å². The summed E-state index contributed by atoms with van der Waals surface area (Å²) in [6, 6.07) is 15.9. The summed E-state index contributed by atoms with van der Waals surface area (Å²) in [5, 5.41) is 12.1. The third kappa shape index (κ3) is 4.18. The van der Waals surface area contributed by atoms with Crippen LogP contribution in [-0.4, -0.2) is 52.9 Å². The van der Waals surface area contributed by atoms with Crippen molar-refractivity contribution in [3.05, 3.63) is 59.9 Å². The van der Waals surface area contributed by atoms with Gasteiger partial charge in [0.25, 0.3) is 0 Å². The minimum atomic E-state index is 0.662. The van der Waals surface area contributed by atoms with Crippen molar-refractivity contribution in [3.8, 4) is 17.2 Å². The fourth-order valence-electron chi connectivity index (χ4n) is 2.75. The van der Waals surface area contributed by atoms with E-state index in [-0.39, 0.29) is 0 Å². The van der Waals surface area contributed by atoms with Gasteiger partial charge < -0.3 is 9.47 Å². The second-order valence-corrected chi connectivity index (χ2v) is 6.02. The highest BCUT2D eigenvalue weighted by atomic mass is 16.5. The molecule has 0 saturated carbocycles. The van der Waals surface area contributed by atoms with Gasteiger partial charge in [-0.3, -0.25) is 4.90 Å². The number of aromatic nitrogens is 4. The number of likely N-dealkylation sites (N-methyl/N-ethyl adjacent to an activating group) is 1. The van der Waals surface area contributed by atoms with E-state index in [0.717, 1.165) is 36.0 Å². The van der Waals surface area contributed by atoms with Crippen LogP contribution >= 0.6 is 0 Å². The van der Waals surface area contributed by atoms with Crippen LogP contribution in [0.25, 0.3) is 5.69 Å². The molecule has 26 heavy (non-hydrogen) atoms. The van der Waals surface area contributed by atoms with Crippen molar-refractivity contribution in [2.45, 2.75) is 13.0 Å². The highest BCUT2D eigenvalue weighted by Gasteiger charge is 2.11. The Kier molecular flexibility index (Phi) is 5.80. The van der Waals surface area contributed by atoms with Gasteiger partial charge in [0.05, 0.1) is 26.5 Å². The highest BCUT2D eigenvalue weighted by Crippen LogP contribution is 2.27. The zero-order valence-corrected chi connectivity index (χ0v) is 15.3. The fraction of sp³-hybridized carbons (Fsp3) is 0.316. The number of hydrogen-bond donors (Lipinski definition) is 0. The van der Waals surface area contributed by atoms with Gasteiger partial charge in [0.1, 0.15) is 0 Å². The molecule has 7 nitrogen and oxygen atoms in total. The van der Waals surface area contributed by atoms with Crippen LogP contribution in [0.1, 0.15) is 11.4 Å². The fourth-order valence-corrected chi connectivity index (χ4v) is 2.75. The Hall–Kier alpha value is -2.93. The monoisotopic (exact) mass is 353 g/mol. The van der Waals surface area contributed by atoms with Gasteiger partial charge in [-0.2, -0.15) is 4.68 Å². The number of hydrogen-bond acceptors (Lipinski definition) is 6. The molecule has 0 unspecified atom stereocenters. The number of tetrazole rings is 1. The number of para-hydroxylation sites is 1. The van der Waals surface area contributed by atoms with Gasteiger partial charge in [-0.15, -0.1) is 5.10 Å². The Balaban J connectivity index is 1.62. The molecule has 0 radical (unpaired) electrons. The molecule has 0 aliphatic rings. The van der Waals surface area contributed by atoms with Gasteiger partial charge in [0.2, 0.25) is 0 Å². The molecule has 1 aromatic heterocycles. The second kappa shape index (κ2) is 8.44. The normalized spacial score (nSPS) is 10.9. The van der Waals surface area contributed by atoms with Crippen molar-refractivity contribution in [2.75, 3.05) is 27.8 Å². The molecule has 3 aromatic rings. The summed E-state index contributed by atoms with van der Waals surface area (Å²) in [5.74, 6) is 2.30. The molecule has 0 atom stereocenters. The lowest BCUT2D eigenvalue weighted by atomic mass is 10.1. The van der Waals surface area contributed by atoms with E-state index in [1.807, 2.05) is 42.5 Å². The average Bonchev–Trinajstić information content (AvgIpc) is 3.14. The van der Waals surface area contributed by atoms with Crippen LogP contribution in [0.4, 0.5) is 0 Å². The molecule has 136 valence electrons. The lowest BCUT2D eigenvalue weighted by Crippen LogP contribution is -2.23. The summed E-state index contributed by atoms with van der Waals surface area (Å²) in [4.78, 5) is 2.20. The van der Waals surface area contributed by atoms with Gasteiger partial charge >= 0.3 is 0 Å². The molecule has 0 saturated heterocycles. The molecule has 0 spiro atoms. The van der Waals surface area contributed by atoms with Crippen molar-refractivity contribution >= 4 is 0 Å². The summed E-state index contributed by atoms with van der Waals surface area (Å²) >= 11 is 0. The second-order valence-electron chi connectivity index (χ2n) is 6.02. The zero-order chi connectivity index (χ0) is 18.4. The Morgan fingerprint density at radius 3 is 2.50 bits per heavy atom. The predicted octanol–water partition coefficient (Wildman–Crippen LogP) is 2.35. The Morgan fingerprint density at radius 1 is 1.00 bits per heavy atom. The molecule has 0 fully saturated rings. The van der Waals surface area contributed by atoms with Crippen molar-refractivity contribution in [1.82, 2.24) is 25.1 Å². The van der Waals surface area contributed by atoms with E-state index in [0.29, 0.717) is 6.54 Å². The van der Waals surface area contributed by atoms with Crippen LogP contribution < -0.4 is 9.47 Å². The molecule has 1 heterocycles. The maximum Gasteiger partial charge on any atom is 0.170 e. The molecule has 2 aromatic carbocycles. The number of rotatable bonds is 8. The Labute approximate surface area is 153 Å². The van der Waals surface area contributed by atoms with Crippen molar-refractivity contribution in [3.63, 3.8) is 0 Å². The largest absolute Gasteiger partial charge is 0.493 e. The summed E-state index contributed by atoms with van der Waals surface area (Å²) in [6.07, 6.45) is 0.893. The van der Waals surface area contributed by atoms with E-state index >= 15 is 0 Å². The first kappa shape index (κ1) is 17.9. The van der Waals surface area contributed by atoms with E-state index in [2.05, 4.69) is 33.5 Å². The van der Waals surface area contributed by atoms with E-state index in [4.69, 9.17) is 9.47 Å². The molecule has 0 aliphatic carbocycles. The van der Waals surface area contributed by atoms with Crippen LogP contribution in [0.3, 0.4) is 0 Å². The van der Waals surface area contributed by atoms with E-state index in [9.17, 15) is 0 Å². The maximum atomic E-state index is 5.37. The predicted molar refractivity (Wildman–Crippen MR) is 98.7 cm³/mol. The van der Waals surface area contributed by atoms with Gasteiger partial charge in [-0.05, 0) is 53.7 Å². The van der Waals surface area contributed by atoms with Gasteiger partial charge in [0.15, 0.2) is 17.3 Å². The molecule has 0 aliphatic heterocycles. The van der Waals surface area contributed by atoms with Gasteiger partial charge in [-0.1, -0.05) is 24.3 Å². The molecule has 0 bridgehead atoms. The summed E-state index contributed by atoms with van der Waals surface area (Å²) in [7, 11) is 5.35. The highest BCUT2D eigenvalue weighted by molar-refractivity contribution is 5.43. The van der Waals surface area contributed by atoms with E-state index in [1.54, 1.807) is 18.9 Å². The zero-order valence-electron chi connectivity index (χ0n) is 15.3. The van der Waals surface area contributed by atoms with Crippen molar-refractivity contribution in [2.24, 2.45) is 0 Å². The Bertz CT molecular complexity index is 835. The average molecular weight is 353 g/mol. The van der Waals surface area contributed by atoms with E-state index < -0.39 is 0 Å². The number of nitrogens with zero attached hydrogens (tertiary/aromatic N) is 5. The van der Waals surface area contributed by atoms with Crippen LogP contribution in [0, 0.1) is 0 Å². The van der Waals surface area contributed by atoms with Crippen LogP contribution in [0.15, 0.2) is 48.5 Å². The third-order valence-corrected chi connectivity index (χ3v) is 4.18. The van der Waals surface area contributed by atoms with Crippen LogP contribution in [-0.2, 0) is 13.0 Å². The number of methoxy groups -OCH3 is 2. The SMILES string of the molecule is COc1ccc(CCN(C)Cc2nnnn2-c2ccccc2)cc1OC. The Morgan fingerprint density at radius 2 is 1.77 bits per heavy atom. The smallest absolute Gasteiger partial charge is 0.170 e. The number of ether oxygens (including phenoxy) is 2. The summed E-state index contributed by atoms with van der Waals surface area (Å²) < 4.78 is 12.4. The minimum Gasteiger partial charge on any atom is -0.493 e. The quantitative estimate of drug-likeness (QED) is 0.619. The molecule has 7 heteroatoms.